The first-order chi connectivity index (χ1) is 23.3. The molecule has 0 heterocycles. The Balaban J connectivity index is 1.54. The second-order valence-electron chi connectivity index (χ2n) is 12.2. The number of rotatable bonds is 11. The van der Waals surface area contributed by atoms with E-state index in [9.17, 15) is 46.1 Å². The normalized spacial score (nSPS) is 14.1. The highest BCUT2D eigenvalue weighted by atomic mass is 32.2. The Morgan fingerprint density at radius 2 is 1.45 bits per heavy atom. The Hall–Kier alpha value is -4.30. The first-order valence-electron chi connectivity index (χ1n) is 15.7. The summed E-state index contributed by atoms with van der Waals surface area (Å²) in [5.41, 5.74) is 1.01. The summed E-state index contributed by atoms with van der Waals surface area (Å²) in [6.45, 7) is -0.731. The van der Waals surface area contributed by atoms with Gasteiger partial charge in [-0.2, -0.15) is 4.31 Å². The van der Waals surface area contributed by atoms with E-state index in [-0.39, 0.29) is 28.8 Å². The molecule has 0 aliphatic heterocycles. The van der Waals surface area contributed by atoms with Gasteiger partial charge in [0, 0.05) is 35.5 Å². The first kappa shape index (κ1) is 36.0. The summed E-state index contributed by atoms with van der Waals surface area (Å²) >= 11 is 0. The molecule has 8 nitrogen and oxygen atoms in total. The van der Waals surface area contributed by atoms with Gasteiger partial charge in [-0.1, -0.05) is 61.2 Å². The van der Waals surface area contributed by atoms with Crippen LogP contribution in [0.15, 0.2) is 77.7 Å². The van der Waals surface area contributed by atoms with Crippen molar-refractivity contribution < 1.29 is 46.1 Å². The summed E-state index contributed by atoms with van der Waals surface area (Å²) in [6.07, 6.45) is 3.55. The minimum Gasteiger partial charge on any atom is -0.507 e. The number of carbonyl (C=O) groups is 1. The lowest BCUT2D eigenvalue weighted by atomic mass is 9.84. The van der Waals surface area contributed by atoms with E-state index in [2.05, 4.69) is 0 Å². The minimum absolute atomic E-state index is 0.00113. The molecule has 0 radical (unpaired) electrons. The predicted octanol–water partition coefficient (Wildman–Crippen LogP) is 6.71. The van der Waals surface area contributed by atoms with Gasteiger partial charge in [-0.25, -0.2) is 26.0 Å². The molecular formula is C36H36F4N2O6S. The monoisotopic (exact) mass is 700 g/mol. The number of carbonyl (C=O) groups excluding carboxylic acids is 1. The summed E-state index contributed by atoms with van der Waals surface area (Å²) in [4.78, 5) is 14.9. The van der Waals surface area contributed by atoms with Gasteiger partial charge < -0.3 is 20.2 Å². The molecule has 13 heteroatoms. The van der Waals surface area contributed by atoms with E-state index in [1.165, 1.54) is 42.8 Å². The second-order valence-corrected chi connectivity index (χ2v) is 14.1. The lowest BCUT2D eigenvalue weighted by molar-refractivity contribution is -0.119. The number of amides is 1. The molecule has 0 unspecified atom stereocenters. The molecule has 1 aliphatic rings. The van der Waals surface area contributed by atoms with Gasteiger partial charge in [0.1, 0.15) is 5.75 Å². The molecule has 0 saturated heterocycles. The number of halogens is 4. The van der Waals surface area contributed by atoms with Crippen LogP contribution in [0.2, 0.25) is 0 Å². The lowest BCUT2D eigenvalue weighted by Gasteiger charge is -2.28. The average Bonchev–Trinajstić information content (AvgIpc) is 3.08. The van der Waals surface area contributed by atoms with Gasteiger partial charge in [-0.05, 0) is 61.1 Å². The molecule has 5 rings (SSSR count). The number of sulfonamides is 1. The number of anilines is 1. The molecule has 0 aromatic heterocycles. The number of aliphatic hydroxyl groups is 2. The summed E-state index contributed by atoms with van der Waals surface area (Å²) < 4.78 is 86.2. The van der Waals surface area contributed by atoms with E-state index < -0.39 is 69.9 Å². The van der Waals surface area contributed by atoms with Crippen LogP contribution in [0.3, 0.4) is 0 Å². The van der Waals surface area contributed by atoms with E-state index in [1.54, 1.807) is 6.92 Å². The summed E-state index contributed by atoms with van der Waals surface area (Å²) in [6, 6.07) is 16.5. The zero-order valence-corrected chi connectivity index (χ0v) is 27.4. The van der Waals surface area contributed by atoms with Crippen LogP contribution in [-0.2, 0) is 27.9 Å². The van der Waals surface area contributed by atoms with E-state index in [4.69, 9.17) is 0 Å². The van der Waals surface area contributed by atoms with Crippen LogP contribution in [0.4, 0.5) is 23.2 Å². The van der Waals surface area contributed by atoms with Crippen molar-refractivity contribution >= 4 is 21.6 Å². The van der Waals surface area contributed by atoms with Crippen molar-refractivity contribution in [2.45, 2.75) is 69.2 Å². The number of aryl methyl sites for hydroxylation is 1. The predicted molar refractivity (Wildman–Crippen MR) is 174 cm³/mol. The van der Waals surface area contributed by atoms with Crippen molar-refractivity contribution in [3.05, 3.63) is 124 Å². The molecule has 0 bridgehead atoms. The Kier molecular flexibility index (Phi) is 11.1. The van der Waals surface area contributed by atoms with Crippen molar-refractivity contribution in [1.82, 2.24) is 4.31 Å². The smallest absolute Gasteiger partial charge is 0.243 e. The molecule has 4 aromatic rings. The van der Waals surface area contributed by atoms with Crippen molar-refractivity contribution in [3.63, 3.8) is 0 Å². The van der Waals surface area contributed by atoms with Gasteiger partial charge in [0.2, 0.25) is 15.9 Å². The van der Waals surface area contributed by atoms with Crippen LogP contribution >= 0.6 is 0 Å². The third-order valence-electron chi connectivity index (χ3n) is 8.81. The fourth-order valence-corrected chi connectivity index (χ4v) is 7.37. The molecule has 0 spiro atoms. The quantitative estimate of drug-likeness (QED) is 0.0910. The highest BCUT2D eigenvalue weighted by Gasteiger charge is 2.33. The van der Waals surface area contributed by atoms with Gasteiger partial charge in [-0.3, -0.25) is 4.79 Å². The van der Waals surface area contributed by atoms with Crippen molar-refractivity contribution in [2.75, 3.05) is 11.4 Å². The standard InChI is InChI=1S/C36H36F4N2O6S/c1-22-7-14-27(15-8-22)49(47,48)41(20-29-34(39)30(37)18-31(38)35(29)40)21-33(44)42(26-13-16-28(36(45)46)32(43)17-26)19-23-9-11-25(12-10-23)24-5-3-2-4-6-24/h7-18,24,36,43,45-46H,2-6,19-21H2,1H3. The highest BCUT2D eigenvalue weighted by molar-refractivity contribution is 7.89. The molecule has 260 valence electrons. The third-order valence-corrected chi connectivity index (χ3v) is 10.6. The maximum absolute atomic E-state index is 14.8. The van der Waals surface area contributed by atoms with Gasteiger partial charge in [0.25, 0.3) is 0 Å². The SMILES string of the molecule is Cc1ccc(S(=O)(=O)N(CC(=O)N(Cc2ccc(C3CCCCC3)cc2)c2ccc(C(O)O)c(O)c2)Cc2c(F)c(F)cc(F)c2F)cc1. The Morgan fingerprint density at radius 1 is 0.837 bits per heavy atom. The fourth-order valence-electron chi connectivity index (χ4n) is 6.01. The van der Waals surface area contributed by atoms with Crippen molar-refractivity contribution in [2.24, 2.45) is 0 Å². The van der Waals surface area contributed by atoms with Crippen LogP contribution in [0.25, 0.3) is 0 Å². The molecule has 3 N–H and O–H groups in total. The zero-order chi connectivity index (χ0) is 35.5. The lowest BCUT2D eigenvalue weighted by Crippen LogP contribution is -2.43. The van der Waals surface area contributed by atoms with Crippen molar-refractivity contribution in [3.8, 4) is 5.75 Å². The highest BCUT2D eigenvalue weighted by Crippen LogP contribution is 2.34. The van der Waals surface area contributed by atoms with Gasteiger partial charge in [-0.15, -0.1) is 0 Å². The van der Waals surface area contributed by atoms with E-state index in [0.717, 1.165) is 42.2 Å². The molecule has 49 heavy (non-hydrogen) atoms. The number of benzene rings is 4. The molecule has 1 aliphatic carbocycles. The number of nitrogens with zero attached hydrogens (tertiary/aromatic N) is 2. The Labute approximate surface area is 281 Å². The van der Waals surface area contributed by atoms with Gasteiger partial charge in [0.15, 0.2) is 29.6 Å². The maximum Gasteiger partial charge on any atom is 0.243 e. The van der Waals surface area contributed by atoms with Crippen LogP contribution in [-0.4, -0.2) is 40.5 Å². The average molecular weight is 701 g/mol. The molecule has 4 aromatic carbocycles. The van der Waals surface area contributed by atoms with E-state index in [0.29, 0.717) is 21.4 Å². The largest absolute Gasteiger partial charge is 0.507 e. The topological polar surface area (TPSA) is 118 Å². The van der Waals surface area contributed by atoms with Crippen LogP contribution in [0, 0.1) is 30.2 Å². The molecule has 1 fully saturated rings. The fraction of sp³-hybridized carbons (Fsp3) is 0.306. The summed E-state index contributed by atoms with van der Waals surface area (Å²) in [5.74, 6) is -8.20. The zero-order valence-electron chi connectivity index (χ0n) is 26.6. The number of phenols is 1. The van der Waals surface area contributed by atoms with Gasteiger partial charge in [0.05, 0.1) is 18.0 Å². The summed E-state index contributed by atoms with van der Waals surface area (Å²) in [7, 11) is -4.71. The number of hydrogen-bond acceptors (Lipinski definition) is 6. The molecule has 1 amide bonds. The number of aromatic hydroxyl groups is 1. The minimum atomic E-state index is -4.71. The van der Waals surface area contributed by atoms with E-state index in [1.807, 2.05) is 24.3 Å². The molecule has 1 saturated carbocycles. The Morgan fingerprint density at radius 3 is 2.02 bits per heavy atom. The first-order valence-corrected chi connectivity index (χ1v) is 17.2. The molecular weight excluding hydrogens is 664 g/mol. The number of hydrogen-bond donors (Lipinski definition) is 3. The van der Waals surface area contributed by atoms with Crippen molar-refractivity contribution in [1.29, 1.82) is 0 Å². The Bertz CT molecular complexity index is 1890. The molecule has 0 atom stereocenters. The van der Waals surface area contributed by atoms with Crippen LogP contribution in [0.5, 0.6) is 5.75 Å². The number of phenolic OH excluding ortho intramolecular Hbond substituents is 1. The van der Waals surface area contributed by atoms with E-state index >= 15 is 0 Å². The maximum atomic E-state index is 14.8. The van der Waals surface area contributed by atoms with Crippen LogP contribution < -0.4 is 4.90 Å². The number of aliphatic hydroxyl groups excluding tert-OH is 1. The third kappa shape index (κ3) is 8.13. The van der Waals surface area contributed by atoms with Gasteiger partial charge >= 0.3 is 0 Å². The second kappa shape index (κ2) is 15.1. The summed E-state index contributed by atoms with van der Waals surface area (Å²) in [5, 5.41) is 29.7. The van der Waals surface area contributed by atoms with Crippen LogP contribution in [0.1, 0.15) is 72.1 Å².